The first kappa shape index (κ1) is 13.7. The van der Waals surface area contributed by atoms with Crippen LogP contribution in [-0.2, 0) is 0 Å². The molecule has 0 aliphatic carbocycles. The Morgan fingerprint density at radius 1 is 1.05 bits per heavy atom. The second-order valence-corrected chi connectivity index (χ2v) is 6.88. The number of hydrogen-bond donors (Lipinski definition) is 1. The number of anilines is 2. The summed E-state index contributed by atoms with van der Waals surface area (Å²) in [5.41, 5.74) is 7.14. The zero-order chi connectivity index (χ0) is 15.1. The Balaban J connectivity index is 1.81. The third-order valence-corrected chi connectivity index (χ3v) is 5.30. The molecule has 0 bridgehead atoms. The number of thiazole rings is 1. The quantitative estimate of drug-likeness (QED) is 0.495. The summed E-state index contributed by atoms with van der Waals surface area (Å²) in [6.45, 7) is 2.08. The van der Waals surface area contributed by atoms with E-state index in [1.165, 1.54) is 10.3 Å². The molecule has 0 atom stereocenters. The second kappa shape index (κ2) is 5.34. The molecule has 4 rings (SSSR count). The minimum absolute atomic E-state index is 0.970. The highest BCUT2D eigenvalue weighted by Gasteiger charge is 2.06. The SMILES string of the molecule is Cc1cc2c(Nc3ccc4scnc4c3)ccnc2cc1Br. The molecular weight excluding hydrogens is 358 g/mol. The summed E-state index contributed by atoms with van der Waals surface area (Å²) in [5, 5.41) is 4.60. The summed E-state index contributed by atoms with van der Waals surface area (Å²) >= 11 is 5.22. The van der Waals surface area contributed by atoms with Crippen molar-refractivity contribution in [2.75, 3.05) is 5.32 Å². The van der Waals surface area contributed by atoms with E-state index in [1.54, 1.807) is 11.3 Å². The average Bonchev–Trinajstić information content (AvgIpc) is 2.97. The van der Waals surface area contributed by atoms with Crippen molar-refractivity contribution >= 4 is 59.8 Å². The Bertz CT molecular complexity index is 994. The van der Waals surface area contributed by atoms with Gasteiger partial charge in [0, 0.05) is 27.4 Å². The lowest BCUT2D eigenvalue weighted by atomic mass is 10.1. The standard InChI is InChI=1S/C17H12BrN3S/c1-10-6-12-14(4-5-19-15(12)8-13(10)18)21-11-2-3-17-16(7-11)20-9-22-17/h2-9H,1H3,(H,19,21). The van der Waals surface area contributed by atoms with Crippen LogP contribution in [0.1, 0.15) is 5.56 Å². The highest BCUT2D eigenvalue weighted by molar-refractivity contribution is 9.10. The van der Waals surface area contributed by atoms with Gasteiger partial charge in [-0.3, -0.25) is 4.98 Å². The van der Waals surface area contributed by atoms with Gasteiger partial charge in [-0.05, 0) is 48.9 Å². The fraction of sp³-hybridized carbons (Fsp3) is 0.0588. The summed E-state index contributed by atoms with van der Waals surface area (Å²) in [5.74, 6) is 0. The molecule has 0 spiro atoms. The van der Waals surface area contributed by atoms with Gasteiger partial charge in [0.2, 0.25) is 0 Å². The molecule has 0 saturated heterocycles. The van der Waals surface area contributed by atoms with Gasteiger partial charge in [0.25, 0.3) is 0 Å². The average molecular weight is 370 g/mol. The Hall–Kier alpha value is -1.98. The van der Waals surface area contributed by atoms with E-state index in [0.29, 0.717) is 0 Å². The largest absolute Gasteiger partial charge is 0.355 e. The molecule has 2 aromatic carbocycles. The van der Waals surface area contributed by atoms with Crippen molar-refractivity contribution < 1.29 is 0 Å². The maximum absolute atomic E-state index is 4.45. The van der Waals surface area contributed by atoms with Crippen molar-refractivity contribution in [2.24, 2.45) is 0 Å². The highest BCUT2D eigenvalue weighted by atomic mass is 79.9. The molecule has 0 aliphatic heterocycles. The zero-order valence-corrected chi connectivity index (χ0v) is 14.2. The van der Waals surface area contributed by atoms with Crippen LogP contribution in [0.5, 0.6) is 0 Å². The van der Waals surface area contributed by atoms with Gasteiger partial charge in [-0.15, -0.1) is 11.3 Å². The van der Waals surface area contributed by atoms with E-state index in [9.17, 15) is 0 Å². The molecule has 2 heterocycles. The van der Waals surface area contributed by atoms with Gasteiger partial charge >= 0.3 is 0 Å². The minimum Gasteiger partial charge on any atom is -0.355 e. The molecule has 22 heavy (non-hydrogen) atoms. The summed E-state index contributed by atoms with van der Waals surface area (Å²) in [7, 11) is 0. The number of nitrogens with one attached hydrogen (secondary N) is 1. The number of pyridine rings is 1. The van der Waals surface area contributed by atoms with E-state index in [-0.39, 0.29) is 0 Å². The topological polar surface area (TPSA) is 37.8 Å². The van der Waals surface area contributed by atoms with Gasteiger partial charge in [0.05, 0.1) is 21.2 Å². The van der Waals surface area contributed by atoms with Crippen molar-refractivity contribution in [1.29, 1.82) is 0 Å². The number of fused-ring (bicyclic) bond motifs is 2. The summed E-state index contributed by atoms with van der Waals surface area (Å²) < 4.78 is 2.28. The highest BCUT2D eigenvalue weighted by Crippen LogP contribution is 2.30. The third-order valence-electron chi connectivity index (χ3n) is 3.63. The fourth-order valence-electron chi connectivity index (χ4n) is 2.48. The molecule has 0 aliphatic rings. The first-order valence-electron chi connectivity index (χ1n) is 6.86. The maximum Gasteiger partial charge on any atom is 0.0832 e. The van der Waals surface area contributed by atoms with E-state index in [0.717, 1.165) is 32.3 Å². The molecule has 0 amide bonds. The van der Waals surface area contributed by atoms with E-state index < -0.39 is 0 Å². The van der Waals surface area contributed by atoms with Crippen LogP contribution in [0.3, 0.4) is 0 Å². The Labute approximate surface area is 140 Å². The van der Waals surface area contributed by atoms with Crippen molar-refractivity contribution in [2.45, 2.75) is 6.92 Å². The van der Waals surface area contributed by atoms with Gasteiger partial charge in [-0.1, -0.05) is 15.9 Å². The van der Waals surface area contributed by atoms with Crippen LogP contribution in [-0.4, -0.2) is 9.97 Å². The fourth-order valence-corrected chi connectivity index (χ4v) is 3.47. The number of rotatable bonds is 2. The number of benzene rings is 2. The van der Waals surface area contributed by atoms with Gasteiger partial charge in [0.15, 0.2) is 0 Å². The number of aryl methyl sites for hydroxylation is 1. The van der Waals surface area contributed by atoms with Crippen LogP contribution in [0.15, 0.2) is 52.6 Å². The van der Waals surface area contributed by atoms with E-state index in [2.05, 4.69) is 68.5 Å². The van der Waals surface area contributed by atoms with Crippen LogP contribution < -0.4 is 5.32 Å². The van der Waals surface area contributed by atoms with Crippen molar-refractivity contribution in [3.63, 3.8) is 0 Å². The Kier molecular flexibility index (Phi) is 3.32. The third kappa shape index (κ3) is 2.36. The van der Waals surface area contributed by atoms with Gasteiger partial charge < -0.3 is 5.32 Å². The smallest absolute Gasteiger partial charge is 0.0832 e. The van der Waals surface area contributed by atoms with Crippen molar-refractivity contribution in [3.8, 4) is 0 Å². The molecule has 1 N–H and O–H groups in total. The summed E-state index contributed by atoms with van der Waals surface area (Å²) in [4.78, 5) is 8.82. The number of aromatic nitrogens is 2. The van der Waals surface area contributed by atoms with Crippen LogP contribution in [0.25, 0.3) is 21.1 Å². The lowest BCUT2D eigenvalue weighted by Gasteiger charge is -2.11. The molecule has 108 valence electrons. The number of nitrogens with zero attached hydrogens (tertiary/aromatic N) is 2. The van der Waals surface area contributed by atoms with Gasteiger partial charge in [-0.25, -0.2) is 4.98 Å². The van der Waals surface area contributed by atoms with Crippen LogP contribution in [0.2, 0.25) is 0 Å². The molecule has 5 heteroatoms. The van der Waals surface area contributed by atoms with E-state index in [1.807, 2.05) is 17.8 Å². The van der Waals surface area contributed by atoms with Crippen LogP contribution in [0.4, 0.5) is 11.4 Å². The first-order valence-corrected chi connectivity index (χ1v) is 8.53. The molecule has 4 aromatic rings. The van der Waals surface area contributed by atoms with Gasteiger partial charge in [0.1, 0.15) is 0 Å². The Morgan fingerprint density at radius 3 is 2.86 bits per heavy atom. The maximum atomic E-state index is 4.45. The van der Waals surface area contributed by atoms with E-state index in [4.69, 9.17) is 0 Å². The number of halogens is 1. The molecule has 0 fully saturated rings. The van der Waals surface area contributed by atoms with Gasteiger partial charge in [-0.2, -0.15) is 0 Å². The molecule has 0 saturated carbocycles. The molecule has 0 radical (unpaired) electrons. The van der Waals surface area contributed by atoms with Crippen molar-refractivity contribution in [3.05, 3.63) is 58.1 Å². The minimum atomic E-state index is 0.970. The monoisotopic (exact) mass is 369 g/mol. The lowest BCUT2D eigenvalue weighted by molar-refractivity contribution is 1.37. The molecule has 2 aromatic heterocycles. The number of hydrogen-bond acceptors (Lipinski definition) is 4. The predicted molar refractivity (Wildman–Crippen MR) is 97.1 cm³/mol. The summed E-state index contributed by atoms with van der Waals surface area (Å²) in [6.07, 6.45) is 1.83. The molecule has 0 unspecified atom stereocenters. The zero-order valence-electron chi connectivity index (χ0n) is 11.8. The van der Waals surface area contributed by atoms with Crippen LogP contribution in [0, 0.1) is 6.92 Å². The normalized spacial score (nSPS) is 11.2. The van der Waals surface area contributed by atoms with Crippen molar-refractivity contribution in [1.82, 2.24) is 9.97 Å². The Morgan fingerprint density at radius 2 is 1.95 bits per heavy atom. The molecule has 3 nitrogen and oxygen atoms in total. The molecular formula is C17H12BrN3S. The predicted octanol–water partition coefficient (Wildman–Crippen LogP) is 5.66. The van der Waals surface area contributed by atoms with Crippen LogP contribution >= 0.6 is 27.3 Å². The second-order valence-electron chi connectivity index (χ2n) is 5.14. The first-order chi connectivity index (χ1) is 10.7. The van der Waals surface area contributed by atoms with E-state index >= 15 is 0 Å². The summed E-state index contributed by atoms with van der Waals surface area (Å²) in [6, 6.07) is 12.5. The lowest BCUT2D eigenvalue weighted by Crippen LogP contribution is -1.93.